The average Bonchev–Trinajstić information content (AvgIpc) is 3.26. The number of nitrogens with zero attached hydrogens (tertiary/aromatic N) is 5. The van der Waals surface area contributed by atoms with Gasteiger partial charge in [0.2, 0.25) is 11.9 Å². The Hall–Kier alpha value is -3.10. The minimum Gasteiger partial charge on any atom is -0.369 e. The third-order valence-electron chi connectivity index (χ3n) is 6.41. The Labute approximate surface area is 169 Å². The first kappa shape index (κ1) is 18.0. The van der Waals surface area contributed by atoms with Gasteiger partial charge in [-0.2, -0.15) is 4.99 Å². The zero-order chi connectivity index (χ0) is 20.2. The van der Waals surface area contributed by atoms with Gasteiger partial charge >= 0.3 is 6.03 Å². The molecule has 0 aromatic heterocycles. The molecule has 3 amide bonds. The van der Waals surface area contributed by atoms with Crippen molar-refractivity contribution in [3.63, 3.8) is 0 Å². The number of rotatable bonds is 2. The molecule has 1 atom stereocenters. The zero-order valence-electron chi connectivity index (χ0n) is 16.3. The van der Waals surface area contributed by atoms with Gasteiger partial charge in [0.1, 0.15) is 11.7 Å². The topological polar surface area (TPSA) is 121 Å². The Kier molecular flexibility index (Phi) is 4.01. The van der Waals surface area contributed by atoms with Gasteiger partial charge in [-0.3, -0.25) is 9.69 Å². The van der Waals surface area contributed by atoms with E-state index >= 15 is 0 Å². The molecule has 9 nitrogen and oxygen atoms in total. The summed E-state index contributed by atoms with van der Waals surface area (Å²) in [7, 11) is 0. The summed E-state index contributed by atoms with van der Waals surface area (Å²) in [5, 5.41) is 0. The summed E-state index contributed by atoms with van der Waals surface area (Å²) in [6.45, 7) is 0.645. The van der Waals surface area contributed by atoms with E-state index in [2.05, 4.69) is 9.98 Å². The van der Waals surface area contributed by atoms with E-state index in [1.165, 1.54) is 4.90 Å². The number of aliphatic imine (C=N–C) groups is 2. The zero-order valence-corrected chi connectivity index (χ0v) is 16.3. The van der Waals surface area contributed by atoms with Crippen LogP contribution in [0.1, 0.15) is 44.9 Å². The standard InChI is InChI=1S/C20H25N7O2/c21-17-23-18(22)27(20(24-17)10-2-1-3-11-20)14-8-6-13(7-9-14)26-16(28)15-5-4-12-25(15)19(26)29/h6-9,15H,1-5,10-12H2,(H4,21,22,23,24). The fraction of sp³-hybridized carbons (Fsp3) is 0.500. The molecular formula is C20H25N7O2. The Morgan fingerprint density at radius 1 is 0.966 bits per heavy atom. The first-order valence-electron chi connectivity index (χ1n) is 10.2. The molecule has 3 aliphatic heterocycles. The van der Waals surface area contributed by atoms with Crippen LogP contribution in [0.25, 0.3) is 0 Å². The molecule has 1 unspecified atom stereocenters. The van der Waals surface area contributed by atoms with Crippen LogP contribution < -0.4 is 21.3 Å². The number of urea groups is 1. The molecule has 152 valence electrons. The molecule has 1 spiro atoms. The van der Waals surface area contributed by atoms with Crippen LogP contribution in [-0.4, -0.2) is 47.0 Å². The number of imide groups is 1. The number of benzene rings is 1. The van der Waals surface area contributed by atoms with Crippen molar-refractivity contribution in [1.29, 1.82) is 0 Å². The van der Waals surface area contributed by atoms with E-state index in [-0.39, 0.29) is 23.9 Å². The second-order valence-electron chi connectivity index (χ2n) is 8.14. The number of anilines is 2. The predicted octanol–water partition coefficient (Wildman–Crippen LogP) is 1.73. The molecule has 29 heavy (non-hydrogen) atoms. The third-order valence-corrected chi connectivity index (χ3v) is 6.41. The first-order valence-corrected chi connectivity index (χ1v) is 10.2. The van der Waals surface area contributed by atoms with E-state index in [1.807, 2.05) is 17.0 Å². The molecule has 9 heteroatoms. The van der Waals surface area contributed by atoms with E-state index in [4.69, 9.17) is 11.5 Å². The van der Waals surface area contributed by atoms with Gasteiger partial charge in [0.05, 0.1) is 5.69 Å². The van der Waals surface area contributed by atoms with Crippen LogP contribution in [-0.2, 0) is 4.79 Å². The lowest BCUT2D eigenvalue weighted by atomic mass is 9.87. The van der Waals surface area contributed by atoms with E-state index in [1.54, 1.807) is 17.0 Å². The van der Waals surface area contributed by atoms with Crippen LogP contribution in [0.4, 0.5) is 16.2 Å². The molecule has 3 heterocycles. The summed E-state index contributed by atoms with van der Waals surface area (Å²) in [6, 6.07) is 6.78. The van der Waals surface area contributed by atoms with Crippen molar-refractivity contribution in [1.82, 2.24) is 4.90 Å². The molecule has 5 rings (SSSR count). The summed E-state index contributed by atoms with van der Waals surface area (Å²) in [4.78, 5) is 39.1. The van der Waals surface area contributed by atoms with Crippen LogP contribution >= 0.6 is 0 Å². The highest BCUT2D eigenvalue weighted by Gasteiger charge is 2.48. The predicted molar refractivity (Wildman–Crippen MR) is 111 cm³/mol. The molecule has 3 fully saturated rings. The lowest BCUT2D eigenvalue weighted by Crippen LogP contribution is -2.58. The van der Waals surface area contributed by atoms with Crippen molar-refractivity contribution in [3.8, 4) is 0 Å². The highest BCUT2D eigenvalue weighted by molar-refractivity contribution is 6.21. The number of carbonyl (C=O) groups excluding carboxylic acids is 2. The number of fused-ring (bicyclic) bond motifs is 1. The van der Waals surface area contributed by atoms with E-state index in [0.29, 0.717) is 18.2 Å². The minimum absolute atomic E-state index is 0.138. The Morgan fingerprint density at radius 3 is 2.34 bits per heavy atom. The Balaban J connectivity index is 1.46. The van der Waals surface area contributed by atoms with Crippen LogP contribution in [0.15, 0.2) is 34.3 Å². The van der Waals surface area contributed by atoms with E-state index in [9.17, 15) is 9.59 Å². The highest BCUT2D eigenvalue weighted by Crippen LogP contribution is 2.40. The summed E-state index contributed by atoms with van der Waals surface area (Å²) in [5.41, 5.74) is 13.1. The van der Waals surface area contributed by atoms with Gasteiger partial charge in [-0.05, 0) is 62.8 Å². The summed E-state index contributed by atoms with van der Waals surface area (Å²) < 4.78 is 0. The highest BCUT2D eigenvalue weighted by atomic mass is 16.2. The van der Waals surface area contributed by atoms with Crippen molar-refractivity contribution in [2.24, 2.45) is 21.5 Å². The fourth-order valence-electron chi connectivity index (χ4n) is 5.11. The summed E-state index contributed by atoms with van der Waals surface area (Å²) >= 11 is 0. The molecule has 4 N–H and O–H groups in total. The van der Waals surface area contributed by atoms with Gasteiger partial charge in [-0.15, -0.1) is 0 Å². The SMILES string of the molecule is NC1=NC2(CCCCC2)N(c2ccc(N3C(=O)C4CCCN4C3=O)cc2)C(N)=N1. The maximum atomic E-state index is 12.7. The molecule has 0 radical (unpaired) electrons. The van der Waals surface area contributed by atoms with Crippen molar-refractivity contribution < 1.29 is 9.59 Å². The molecule has 0 bridgehead atoms. The average molecular weight is 395 g/mol. The van der Waals surface area contributed by atoms with Crippen molar-refractivity contribution in [3.05, 3.63) is 24.3 Å². The van der Waals surface area contributed by atoms with Gasteiger partial charge in [-0.1, -0.05) is 6.42 Å². The van der Waals surface area contributed by atoms with Gasteiger partial charge in [0.15, 0.2) is 0 Å². The van der Waals surface area contributed by atoms with Crippen LogP contribution in [0.2, 0.25) is 0 Å². The quantitative estimate of drug-likeness (QED) is 0.739. The van der Waals surface area contributed by atoms with E-state index < -0.39 is 5.66 Å². The van der Waals surface area contributed by atoms with Gasteiger partial charge in [0.25, 0.3) is 5.91 Å². The minimum atomic E-state index is -0.516. The summed E-state index contributed by atoms with van der Waals surface area (Å²) in [6.07, 6.45) is 6.59. The number of amides is 3. The second kappa shape index (κ2) is 6.47. The molecule has 2 saturated heterocycles. The molecule has 1 aromatic rings. The number of nitrogens with two attached hydrogens (primary N) is 2. The Bertz CT molecular complexity index is 895. The molecule has 1 saturated carbocycles. The van der Waals surface area contributed by atoms with Crippen molar-refractivity contribution in [2.45, 2.75) is 56.7 Å². The molecule has 4 aliphatic rings. The number of carbonyl (C=O) groups is 2. The third kappa shape index (κ3) is 2.67. The number of hydrogen-bond acceptors (Lipinski definition) is 7. The van der Waals surface area contributed by atoms with Crippen molar-refractivity contribution >= 4 is 35.2 Å². The molecule has 1 aliphatic carbocycles. The monoisotopic (exact) mass is 395 g/mol. The fourth-order valence-corrected chi connectivity index (χ4v) is 5.11. The van der Waals surface area contributed by atoms with E-state index in [0.717, 1.165) is 50.6 Å². The van der Waals surface area contributed by atoms with Gasteiger partial charge in [-0.25, -0.2) is 14.7 Å². The largest absolute Gasteiger partial charge is 0.369 e. The second-order valence-corrected chi connectivity index (χ2v) is 8.14. The first-order chi connectivity index (χ1) is 14.0. The van der Waals surface area contributed by atoms with Gasteiger partial charge < -0.3 is 16.4 Å². The van der Waals surface area contributed by atoms with Crippen LogP contribution in [0.3, 0.4) is 0 Å². The Morgan fingerprint density at radius 2 is 1.66 bits per heavy atom. The smallest absolute Gasteiger partial charge is 0.332 e. The number of hydrogen-bond donors (Lipinski definition) is 2. The van der Waals surface area contributed by atoms with Gasteiger partial charge in [0, 0.05) is 12.2 Å². The van der Waals surface area contributed by atoms with Crippen LogP contribution in [0, 0.1) is 0 Å². The molecule has 1 aromatic carbocycles. The lowest BCUT2D eigenvalue weighted by molar-refractivity contribution is -0.119. The lowest BCUT2D eigenvalue weighted by Gasteiger charge is -2.45. The maximum absolute atomic E-state index is 12.7. The normalized spacial score (nSPS) is 26.1. The van der Waals surface area contributed by atoms with Crippen LogP contribution in [0.5, 0.6) is 0 Å². The summed E-state index contributed by atoms with van der Waals surface area (Å²) in [5.74, 6) is 0.396. The maximum Gasteiger partial charge on any atom is 0.332 e. The number of guanidine groups is 2. The van der Waals surface area contributed by atoms with Crippen molar-refractivity contribution in [2.75, 3.05) is 16.3 Å². The molecular weight excluding hydrogens is 370 g/mol.